The quantitative estimate of drug-likeness (QED) is 0.358. The van der Waals surface area contributed by atoms with Gasteiger partial charge >= 0.3 is 5.97 Å². The number of nitrogens with zero attached hydrogens (tertiary/aromatic N) is 3. The molecule has 0 fully saturated rings. The average Bonchev–Trinajstić information content (AvgIpc) is 3.10. The Morgan fingerprint density at radius 1 is 1.00 bits per heavy atom. The molecular formula is C31H36N4O5. The molecule has 1 aromatic heterocycles. The summed E-state index contributed by atoms with van der Waals surface area (Å²) < 4.78 is 12.6. The third-order valence-corrected chi connectivity index (χ3v) is 7.98. The van der Waals surface area contributed by atoms with Gasteiger partial charge in [0.2, 0.25) is 18.0 Å². The number of amides is 1. The minimum Gasteiger partial charge on any atom is -0.451 e. The van der Waals surface area contributed by atoms with Gasteiger partial charge in [0.1, 0.15) is 6.04 Å². The number of aryl methyl sites for hydroxylation is 2. The Kier molecular flexibility index (Phi) is 7.76. The lowest BCUT2D eigenvalue weighted by Crippen LogP contribution is -2.50. The molecule has 2 N–H and O–H groups in total. The largest absolute Gasteiger partial charge is 0.451 e. The van der Waals surface area contributed by atoms with Crippen LogP contribution in [0, 0.1) is 5.92 Å². The van der Waals surface area contributed by atoms with Gasteiger partial charge in [0.25, 0.3) is 5.91 Å². The number of esters is 1. The number of rotatable bonds is 7. The average molecular weight is 545 g/mol. The Hall–Kier alpha value is -3.98. The first kappa shape index (κ1) is 27.6. The predicted octanol–water partition coefficient (Wildman–Crippen LogP) is 3.44. The lowest BCUT2D eigenvalue weighted by Gasteiger charge is -2.41. The van der Waals surface area contributed by atoms with Crippen LogP contribution in [-0.2, 0) is 22.4 Å². The van der Waals surface area contributed by atoms with E-state index < -0.39 is 24.2 Å². The van der Waals surface area contributed by atoms with Crippen LogP contribution in [0.5, 0.6) is 5.75 Å². The standard InChI is InChI=1S/C31H36N4O5/c1-18(2)27(32)31(38)40-17-39-29-25(36)15-33-35-24(16-34(19(3)4)30(37)28(29)35)26-22-11-7-5-9-20(22)13-14-21-10-6-8-12-23(21)26/h5-12,15,18-19,24,26-27H,13-14,16-17,32H2,1-4H3/t24-,27+/m1/s1. The van der Waals surface area contributed by atoms with Gasteiger partial charge in [0.05, 0.1) is 12.2 Å². The molecule has 3 aromatic rings. The van der Waals surface area contributed by atoms with Crippen molar-refractivity contribution in [2.45, 2.75) is 64.6 Å². The summed E-state index contributed by atoms with van der Waals surface area (Å²) in [4.78, 5) is 40.9. The van der Waals surface area contributed by atoms with Crippen LogP contribution in [0.3, 0.4) is 0 Å². The van der Waals surface area contributed by atoms with Crippen molar-refractivity contribution in [3.05, 3.63) is 92.9 Å². The molecule has 1 aliphatic carbocycles. The van der Waals surface area contributed by atoms with Crippen LogP contribution in [0.4, 0.5) is 0 Å². The van der Waals surface area contributed by atoms with E-state index in [1.54, 1.807) is 9.58 Å². The normalized spacial score (nSPS) is 17.6. The van der Waals surface area contributed by atoms with Gasteiger partial charge in [-0.3, -0.25) is 19.1 Å². The van der Waals surface area contributed by atoms with Crippen molar-refractivity contribution >= 4 is 11.9 Å². The molecule has 1 aliphatic heterocycles. The lowest BCUT2D eigenvalue weighted by atomic mass is 9.81. The van der Waals surface area contributed by atoms with Crippen molar-refractivity contribution < 1.29 is 19.1 Å². The van der Waals surface area contributed by atoms with Gasteiger partial charge < -0.3 is 20.1 Å². The number of carbonyl (C=O) groups excluding carboxylic acids is 2. The molecule has 0 spiro atoms. The molecule has 0 radical (unpaired) electrons. The van der Waals surface area contributed by atoms with Crippen LogP contribution in [-0.4, -0.2) is 52.0 Å². The summed E-state index contributed by atoms with van der Waals surface area (Å²) >= 11 is 0. The van der Waals surface area contributed by atoms with Gasteiger partial charge in [-0.15, -0.1) is 0 Å². The van der Waals surface area contributed by atoms with Crippen molar-refractivity contribution in [1.82, 2.24) is 14.7 Å². The molecule has 210 valence electrons. The Labute approximate surface area is 233 Å². The maximum absolute atomic E-state index is 13.8. The zero-order chi connectivity index (χ0) is 28.6. The number of ether oxygens (including phenoxy) is 2. The molecule has 9 nitrogen and oxygen atoms in total. The maximum Gasteiger partial charge on any atom is 0.326 e. The molecule has 0 saturated carbocycles. The Morgan fingerprint density at radius 2 is 1.60 bits per heavy atom. The summed E-state index contributed by atoms with van der Waals surface area (Å²) in [6.45, 7) is 7.38. The monoisotopic (exact) mass is 544 g/mol. The lowest BCUT2D eigenvalue weighted by molar-refractivity contribution is -0.152. The summed E-state index contributed by atoms with van der Waals surface area (Å²) in [6, 6.07) is 15.5. The third kappa shape index (κ3) is 5.01. The maximum atomic E-state index is 13.8. The van der Waals surface area contributed by atoms with Gasteiger partial charge in [0, 0.05) is 18.5 Å². The number of carbonyl (C=O) groups is 2. The van der Waals surface area contributed by atoms with Crippen LogP contribution < -0.4 is 15.9 Å². The highest BCUT2D eigenvalue weighted by Gasteiger charge is 2.42. The summed E-state index contributed by atoms with van der Waals surface area (Å²) in [5, 5.41) is 4.50. The summed E-state index contributed by atoms with van der Waals surface area (Å²) in [6.07, 6.45) is 2.98. The second-order valence-electron chi connectivity index (χ2n) is 11.1. The Balaban J connectivity index is 1.62. The number of aromatic nitrogens is 2. The second kappa shape index (κ2) is 11.3. The first-order valence-corrected chi connectivity index (χ1v) is 13.8. The first-order chi connectivity index (χ1) is 19.2. The highest BCUT2D eigenvalue weighted by molar-refractivity contribution is 5.96. The van der Waals surface area contributed by atoms with Crippen molar-refractivity contribution in [3.63, 3.8) is 0 Å². The molecule has 2 atom stereocenters. The minimum absolute atomic E-state index is 0.0564. The molecule has 0 bridgehead atoms. The Bertz CT molecular complexity index is 1430. The molecule has 0 saturated heterocycles. The van der Waals surface area contributed by atoms with E-state index >= 15 is 0 Å². The van der Waals surface area contributed by atoms with Crippen LogP contribution in [0.1, 0.15) is 72.4 Å². The van der Waals surface area contributed by atoms with Crippen LogP contribution >= 0.6 is 0 Å². The highest BCUT2D eigenvalue weighted by Crippen LogP contribution is 2.44. The number of benzene rings is 2. The topological polar surface area (TPSA) is 117 Å². The molecule has 0 unspecified atom stereocenters. The second-order valence-corrected chi connectivity index (χ2v) is 11.1. The zero-order valence-electron chi connectivity index (χ0n) is 23.4. The minimum atomic E-state index is -0.825. The van der Waals surface area contributed by atoms with E-state index in [2.05, 4.69) is 41.5 Å². The fraction of sp³-hybridized carbons (Fsp3) is 0.419. The molecule has 2 heterocycles. The van der Waals surface area contributed by atoms with E-state index in [9.17, 15) is 14.4 Å². The van der Waals surface area contributed by atoms with Gasteiger partial charge in [-0.25, -0.2) is 0 Å². The first-order valence-electron chi connectivity index (χ1n) is 13.8. The van der Waals surface area contributed by atoms with Crippen molar-refractivity contribution in [2.75, 3.05) is 13.3 Å². The van der Waals surface area contributed by atoms with E-state index in [-0.39, 0.29) is 41.3 Å². The third-order valence-electron chi connectivity index (χ3n) is 7.98. The SMILES string of the molecule is CC(C)[C@H](N)C(=O)OCOc1c2n(ncc1=O)[C@@H](C1c3ccccc3CCc3ccccc31)CN(C(C)C)C2=O. The van der Waals surface area contributed by atoms with Gasteiger partial charge in [-0.1, -0.05) is 62.4 Å². The molecular weight excluding hydrogens is 508 g/mol. The fourth-order valence-corrected chi connectivity index (χ4v) is 5.72. The molecule has 2 aliphatic rings. The molecule has 9 heteroatoms. The number of hydrogen-bond donors (Lipinski definition) is 1. The molecule has 5 rings (SSSR count). The number of hydrogen-bond acceptors (Lipinski definition) is 7. The van der Waals surface area contributed by atoms with E-state index in [0.717, 1.165) is 12.8 Å². The van der Waals surface area contributed by atoms with Crippen LogP contribution in [0.25, 0.3) is 0 Å². The zero-order valence-corrected chi connectivity index (χ0v) is 23.4. The van der Waals surface area contributed by atoms with Gasteiger partial charge in [-0.2, -0.15) is 5.10 Å². The molecule has 40 heavy (non-hydrogen) atoms. The Morgan fingerprint density at radius 3 is 2.17 bits per heavy atom. The number of fused-ring (bicyclic) bond motifs is 3. The predicted molar refractivity (Wildman–Crippen MR) is 150 cm³/mol. The smallest absolute Gasteiger partial charge is 0.326 e. The molecule has 1 amide bonds. The van der Waals surface area contributed by atoms with E-state index in [4.69, 9.17) is 15.2 Å². The molecule has 2 aromatic carbocycles. The van der Waals surface area contributed by atoms with Gasteiger partial charge in [0.15, 0.2) is 5.69 Å². The van der Waals surface area contributed by atoms with Crippen LogP contribution in [0.2, 0.25) is 0 Å². The highest BCUT2D eigenvalue weighted by atomic mass is 16.7. The number of nitrogens with two attached hydrogens (primary N) is 1. The van der Waals surface area contributed by atoms with Crippen molar-refractivity contribution in [2.24, 2.45) is 11.7 Å². The van der Waals surface area contributed by atoms with E-state index in [1.165, 1.54) is 28.5 Å². The summed E-state index contributed by atoms with van der Waals surface area (Å²) in [7, 11) is 0. The van der Waals surface area contributed by atoms with E-state index in [0.29, 0.717) is 6.54 Å². The summed E-state index contributed by atoms with van der Waals surface area (Å²) in [5.41, 5.74) is 10.2. The fourth-order valence-electron chi connectivity index (χ4n) is 5.72. The van der Waals surface area contributed by atoms with E-state index in [1.807, 2.05) is 39.8 Å². The van der Waals surface area contributed by atoms with Gasteiger partial charge in [-0.05, 0) is 54.9 Å². The van der Waals surface area contributed by atoms with Crippen molar-refractivity contribution in [3.8, 4) is 5.75 Å². The summed E-state index contributed by atoms with van der Waals surface area (Å²) in [5.74, 6) is -1.42. The van der Waals surface area contributed by atoms with Crippen molar-refractivity contribution in [1.29, 1.82) is 0 Å². The van der Waals surface area contributed by atoms with Crippen LogP contribution in [0.15, 0.2) is 59.5 Å².